The number of unbranched alkanes of at least 4 members (excludes halogenated alkanes) is 1. The van der Waals surface area contributed by atoms with Gasteiger partial charge in [-0.25, -0.2) is 4.39 Å². The van der Waals surface area contributed by atoms with E-state index in [-0.39, 0.29) is 58.9 Å². The number of hydrogen-bond donors (Lipinski definition) is 4. The quantitative estimate of drug-likeness (QED) is 0.0877. The molecule has 1 unspecified atom stereocenters. The molecule has 63 heavy (non-hydrogen) atoms. The molecule has 5 heterocycles. The Hall–Kier alpha value is -5.91. The van der Waals surface area contributed by atoms with E-state index in [4.69, 9.17) is 23.2 Å². The molecule has 3 saturated heterocycles. The number of likely N-dealkylation sites (tertiary alicyclic amines) is 1. The van der Waals surface area contributed by atoms with E-state index in [0.717, 1.165) is 28.9 Å². The van der Waals surface area contributed by atoms with Crippen molar-refractivity contribution in [1.82, 2.24) is 25.8 Å². The lowest BCUT2D eigenvalue weighted by molar-refractivity contribution is -0.136. The molecule has 1 spiro atoms. The molecule has 10 rings (SSSR count). The lowest BCUT2D eigenvalue weighted by Crippen LogP contribution is -2.54. The van der Waals surface area contributed by atoms with Crippen LogP contribution in [0.25, 0.3) is 0 Å². The molecule has 15 heteroatoms. The Morgan fingerprint density at radius 1 is 0.921 bits per heavy atom. The first-order valence-corrected chi connectivity index (χ1v) is 22.0. The number of imide groups is 2. The van der Waals surface area contributed by atoms with Gasteiger partial charge in [0.15, 0.2) is 0 Å². The SMILES string of the molecule is O=C1CCC(N2C(=O)c3cccc(C#CCCCNC(=O)c4ccc([C@H]5C[C@H]6[C@@H](N5)[C@H](c5cccc(Cl)c5F)[C@]5(C(=O)Nc7cc(Cl)ccc75)N6CC5CC5)cc4)c3C2=O)C(=O)N1. The first-order valence-electron chi connectivity index (χ1n) is 21.3. The number of carbonyl (C=O) groups excluding carboxylic acids is 6. The first kappa shape index (κ1) is 41.1. The standard InChI is InChI=1S/C48H41Cl2FN6O6/c49-29-17-18-32-35(22-29)54-47(63)48(32)40(31-9-5-10-33(50)41(31)51)42-37(56(48)24-25-11-12-25)23-34(53-42)26-13-15-28(16-14-26)43(59)52-21-3-1-2-6-27-7-4-8-30-39(27)46(62)57(45(30)61)36-19-20-38(58)55-44(36)60/h4-5,7-10,13-18,22,25,34,36-37,40,42,53H,1,3,11-12,19-21,23-24H2,(H,52,59)(H,54,63)(H,55,58,60)/t34-,36?,37+,40+,42-,48-/m1/s1. The number of nitrogens with one attached hydrogen (secondary N) is 4. The van der Waals surface area contributed by atoms with Crippen molar-refractivity contribution in [2.24, 2.45) is 5.92 Å². The fraction of sp³-hybridized carbons (Fsp3) is 0.333. The molecule has 0 radical (unpaired) electrons. The lowest BCUT2D eigenvalue weighted by Gasteiger charge is -2.41. The molecular formula is C48H41Cl2FN6O6. The summed E-state index contributed by atoms with van der Waals surface area (Å²) in [6.45, 7) is 1.04. The van der Waals surface area contributed by atoms with Crippen molar-refractivity contribution in [3.05, 3.63) is 134 Å². The monoisotopic (exact) mass is 886 g/mol. The van der Waals surface area contributed by atoms with Crippen LogP contribution in [0.15, 0.2) is 78.9 Å². The molecule has 6 atom stereocenters. The minimum Gasteiger partial charge on any atom is -0.352 e. The summed E-state index contributed by atoms with van der Waals surface area (Å²) in [6, 6.07) is 21.0. The predicted molar refractivity (Wildman–Crippen MR) is 231 cm³/mol. The van der Waals surface area contributed by atoms with Crippen LogP contribution >= 0.6 is 23.2 Å². The molecule has 12 nitrogen and oxygen atoms in total. The van der Waals surface area contributed by atoms with Gasteiger partial charge in [0, 0.05) is 77.4 Å². The molecule has 5 aliphatic heterocycles. The molecule has 4 N–H and O–H groups in total. The van der Waals surface area contributed by atoms with E-state index in [9.17, 15) is 28.8 Å². The predicted octanol–water partition coefficient (Wildman–Crippen LogP) is 6.22. The van der Waals surface area contributed by atoms with Crippen LogP contribution in [0.4, 0.5) is 10.1 Å². The number of rotatable bonds is 9. The van der Waals surface area contributed by atoms with Crippen LogP contribution in [0.1, 0.15) is 110 Å². The molecule has 0 bridgehead atoms. The number of benzene rings is 4. The van der Waals surface area contributed by atoms with Gasteiger partial charge in [-0.05, 0) is 91.6 Å². The molecule has 1 aliphatic carbocycles. The Bertz CT molecular complexity index is 2710. The number of halogens is 3. The average molecular weight is 888 g/mol. The van der Waals surface area contributed by atoms with Crippen molar-refractivity contribution in [2.45, 2.75) is 80.6 Å². The van der Waals surface area contributed by atoms with Crippen molar-refractivity contribution in [3.8, 4) is 11.8 Å². The number of nitrogens with zero attached hydrogens (tertiary/aromatic N) is 2. The van der Waals surface area contributed by atoms with Gasteiger partial charge in [0.25, 0.3) is 17.7 Å². The third-order valence-electron chi connectivity index (χ3n) is 13.4. The minimum atomic E-state index is -1.18. The Morgan fingerprint density at radius 2 is 1.71 bits per heavy atom. The molecular weight excluding hydrogens is 846 g/mol. The summed E-state index contributed by atoms with van der Waals surface area (Å²) in [7, 11) is 0. The Morgan fingerprint density at radius 3 is 2.49 bits per heavy atom. The van der Waals surface area contributed by atoms with Crippen molar-refractivity contribution in [2.75, 3.05) is 18.4 Å². The molecule has 4 aromatic carbocycles. The third kappa shape index (κ3) is 6.91. The maximum absolute atomic E-state index is 16.2. The summed E-state index contributed by atoms with van der Waals surface area (Å²) in [4.78, 5) is 81.5. The van der Waals surface area contributed by atoms with E-state index >= 15 is 4.39 Å². The molecule has 6 aliphatic rings. The lowest BCUT2D eigenvalue weighted by atomic mass is 9.73. The van der Waals surface area contributed by atoms with Gasteiger partial charge in [-0.3, -0.25) is 43.9 Å². The summed E-state index contributed by atoms with van der Waals surface area (Å²) < 4.78 is 16.2. The van der Waals surface area contributed by atoms with Crippen LogP contribution in [-0.4, -0.2) is 76.5 Å². The van der Waals surface area contributed by atoms with Gasteiger partial charge in [-0.1, -0.05) is 71.4 Å². The highest BCUT2D eigenvalue weighted by Crippen LogP contribution is 2.61. The zero-order chi connectivity index (χ0) is 43.7. The van der Waals surface area contributed by atoms with Gasteiger partial charge < -0.3 is 16.0 Å². The van der Waals surface area contributed by atoms with Crippen molar-refractivity contribution in [3.63, 3.8) is 0 Å². The van der Waals surface area contributed by atoms with Gasteiger partial charge in [-0.2, -0.15) is 0 Å². The van der Waals surface area contributed by atoms with Crippen molar-refractivity contribution in [1.29, 1.82) is 0 Å². The minimum absolute atomic E-state index is 0.000916. The zero-order valence-corrected chi connectivity index (χ0v) is 35.3. The van der Waals surface area contributed by atoms with Crippen LogP contribution in [0.5, 0.6) is 0 Å². The maximum Gasteiger partial charge on any atom is 0.263 e. The fourth-order valence-electron chi connectivity index (χ4n) is 10.4. The summed E-state index contributed by atoms with van der Waals surface area (Å²) >= 11 is 12.8. The second-order valence-electron chi connectivity index (χ2n) is 17.1. The number of fused-ring (bicyclic) bond motifs is 4. The number of piperidine rings is 1. The molecule has 0 aromatic heterocycles. The van der Waals surface area contributed by atoms with Gasteiger partial charge in [0.1, 0.15) is 17.4 Å². The van der Waals surface area contributed by atoms with Crippen LogP contribution in [0, 0.1) is 23.6 Å². The van der Waals surface area contributed by atoms with Crippen LogP contribution in [0.3, 0.4) is 0 Å². The average Bonchev–Trinajstić information content (AvgIpc) is 3.74. The number of amides is 6. The van der Waals surface area contributed by atoms with Crippen LogP contribution < -0.4 is 21.3 Å². The summed E-state index contributed by atoms with van der Waals surface area (Å²) in [6.07, 6.45) is 3.82. The molecule has 6 amide bonds. The van der Waals surface area contributed by atoms with E-state index in [1.54, 1.807) is 48.5 Å². The van der Waals surface area contributed by atoms with Gasteiger partial charge in [0.05, 0.1) is 16.1 Å². The normalized spacial score (nSPS) is 26.0. The summed E-state index contributed by atoms with van der Waals surface area (Å²) in [5, 5.41) is 12.6. The molecule has 4 aromatic rings. The zero-order valence-electron chi connectivity index (χ0n) is 33.8. The number of anilines is 1. The summed E-state index contributed by atoms with van der Waals surface area (Å²) in [5.74, 6) is 2.53. The van der Waals surface area contributed by atoms with E-state index in [1.165, 1.54) is 12.1 Å². The van der Waals surface area contributed by atoms with Gasteiger partial charge >= 0.3 is 0 Å². The van der Waals surface area contributed by atoms with Crippen LogP contribution in [-0.2, 0) is 19.9 Å². The number of hydrogen-bond acceptors (Lipinski definition) is 8. The smallest absolute Gasteiger partial charge is 0.263 e. The largest absolute Gasteiger partial charge is 0.352 e. The Labute approximate surface area is 372 Å². The highest BCUT2D eigenvalue weighted by molar-refractivity contribution is 6.31. The van der Waals surface area contributed by atoms with E-state index in [2.05, 4.69) is 38.0 Å². The fourth-order valence-corrected chi connectivity index (χ4v) is 10.8. The van der Waals surface area contributed by atoms with Crippen LogP contribution in [0.2, 0.25) is 10.0 Å². The first-order chi connectivity index (χ1) is 30.4. The number of carbonyl (C=O) groups is 6. The topological polar surface area (TPSA) is 157 Å². The second-order valence-corrected chi connectivity index (χ2v) is 18.0. The molecule has 4 fully saturated rings. The van der Waals surface area contributed by atoms with Crippen molar-refractivity contribution < 1.29 is 33.2 Å². The highest BCUT2D eigenvalue weighted by atomic mass is 35.5. The molecule has 1 saturated carbocycles. The summed E-state index contributed by atoms with van der Waals surface area (Å²) in [5.41, 5.74) is 2.74. The molecule has 320 valence electrons. The Balaban J connectivity index is 0.806. The maximum atomic E-state index is 16.2. The van der Waals surface area contributed by atoms with E-state index in [1.807, 2.05) is 18.2 Å². The van der Waals surface area contributed by atoms with Gasteiger partial charge in [0.2, 0.25) is 17.7 Å². The third-order valence-corrected chi connectivity index (χ3v) is 14.0. The second kappa shape index (κ2) is 16.0. The Kier molecular flexibility index (Phi) is 10.5. The van der Waals surface area contributed by atoms with Gasteiger partial charge in [-0.15, -0.1) is 0 Å². The van der Waals surface area contributed by atoms with E-state index in [0.29, 0.717) is 65.7 Å². The van der Waals surface area contributed by atoms with Crippen molar-refractivity contribution >= 4 is 64.3 Å². The highest BCUT2D eigenvalue weighted by Gasteiger charge is 2.69. The van der Waals surface area contributed by atoms with E-state index < -0.39 is 46.9 Å².